The second kappa shape index (κ2) is 10.5. The predicted octanol–water partition coefficient (Wildman–Crippen LogP) is 2.74. The second-order valence-electron chi connectivity index (χ2n) is 8.93. The van der Waals surface area contributed by atoms with Crippen LogP contribution in [0, 0.1) is 0 Å². The Bertz CT molecular complexity index is 1140. The van der Waals surface area contributed by atoms with Gasteiger partial charge in [-0.05, 0) is 37.1 Å². The van der Waals surface area contributed by atoms with E-state index in [4.69, 9.17) is 9.47 Å². The Morgan fingerprint density at radius 1 is 0.917 bits per heavy atom. The van der Waals surface area contributed by atoms with Gasteiger partial charge < -0.3 is 14.4 Å². The number of likely N-dealkylation sites (tertiary alicyclic amines) is 1. The molecule has 36 heavy (non-hydrogen) atoms. The SMILES string of the molecule is CCC(=O)N(c1ccccc1OC)C1(C(=O)OC)CCN(CCN2C(=O)c3ccccc3C2=O)CC1. The topological polar surface area (TPSA) is 96.5 Å². The van der Waals surface area contributed by atoms with Crippen molar-refractivity contribution in [1.29, 1.82) is 0 Å². The Kier molecular flexibility index (Phi) is 7.40. The smallest absolute Gasteiger partial charge is 0.332 e. The molecule has 4 rings (SSSR count). The van der Waals surface area contributed by atoms with E-state index < -0.39 is 11.5 Å². The summed E-state index contributed by atoms with van der Waals surface area (Å²) in [4.78, 5) is 56.8. The van der Waals surface area contributed by atoms with E-state index in [0.717, 1.165) is 0 Å². The number of carbonyl (C=O) groups is 4. The third-order valence-electron chi connectivity index (χ3n) is 7.07. The highest BCUT2D eigenvalue weighted by molar-refractivity contribution is 6.21. The number of para-hydroxylation sites is 2. The molecular weight excluding hydrogens is 462 g/mol. The normalized spacial score (nSPS) is 17.0. The summed E-state index contributed by atoms with van der Waals surface area (Å²) in [6.45, 7) is 3.45. The zero-order chi connectivity index (χ0) is 25.9. The maximum Gasteiger partial charge on any atom is 0.332 e. The second-order valence-corrected chi connectivity index (χ2v) is 8.93. The predicted molar refractivity (Wildman–Crippen MR) is 133 cm³/mol. The minimum absolute atomic E-state index is 0.204. The minimum atomic E-state index is -1.19. The molecule has 0 spiro atoms. The number of esters is 1. The monoisotopic (exact) mass is 493 g/mol. The van der Waals surface area contributed by atoms with Gasteiger partial charge in [-0.3, -0.25) is 24.2 Å². The zero-order valence-corrected chi connectivity index (χ0v) is 20.9. The molecule has 2 heterocycles. The van der Waals surface area contributed by atoms with Crippen LogP contribution in [-0.2, 0) is 14.3 Å². The van der Waals surface area contributed by atoms with E-state index in [2.05, 4.69) is 4.90 Å². The number of nitrogens with zero attached hydrogens (tertiary/aromatic N) is 3. The number of benzene rings is 2. The molecule has 2 aliphatic heterocycles. The van der Waals surface area contributed by atoms with Crippen LogP contribution in [0.1, 0.15) is 46.9 Å². The summed E-state index contributed by atoms with van der Waals surface area (Å²) in [6.07, 6.45) is 0.886. The first-order valence-electron chi connectivity index (χ1n) is 12.1. The van der Waals surface area contributed by atoms with Gasteiger partial charge in [-0.2, -0.15) is 0 Å². The van der Waals surface area contributed by atoms with Gasteiger partial charge in [-0.15, -0.1) is 0 Å². The summed E-state index contributed by atoms with van der Waals surface area (Å²) in [5.41, 5.74) is 0.187. The Hall–Kier alpha value is -3.72. The van der Waals surface area contributed by atoms with Crippen molar-refractivity contribution in [2.45, 2.75) is 31.7 Å². The fourth-order valence-electron chi connectivity index (χ4n) is 5.12. The molecular formula is C27H31N3O6. The van der Waals surface area contributed by atoms with Crippen molar-refractivity contribution in [2.24, 2.45) is 0 Å². The largest absolute Gasteiger partial charge is 0.495 e. The van der Waals surface area contributed by atoms with Gasteiger partial charge in [0.25, 0.3) is 11.8 Å². The van der Waals surface area contributed by atoms with Crippen molar-refractivity contribution in [2.75, 3.05) is 45.3 Å². The lowest BCUT2D eigenvalue weighted by atomic mass is 9.84. The average Bonchev–Trinajstić information content (AvgIpc) is 3.17. The maximum absolute atomic E-state index is 13.2. The average molecular weight is 494 g/mol. The highest BCUT2D eigenvalue weighted by atomic mass is 16.5. The van der Waals surface area contributed by atoms with E-state index >= 15 is 0 Å². The minimum Gasteiger partial charge on any atom is -0.495 e. The van der Waals surface area contributed by atoms with Crippen LogP contribution in [0.4, 0.5) is 5.69 Å². The van der Waals surface area contributed by atoms with Crippen molar-refractivity contribution >= 4 is 29.4 Å². The Morgan fingerprint density at radius 3 is 2.06 bits per heavy atom. The molecule has 0 radical (unpaired) electrons. The van der Waals surface area contributed by atoms with Crippen LogP contribution in [0.15, 0.2) is 48.5 Å². The molecule has 0 aromatic heterocycles. The molecule has 9 heteroatoms. The molecule has 9 nitrogen and oxygen atoms in total. The van der Waals surface area contributed by atoms with Crippen LogP contribution in [0.2, 0.25) is 0 Å². The van der Waals surface area contributed by atoms with E-state index in [1.165, 1.54) is 19.1 Å². The number of piperidine rings is 1. The number of carbonyl (C=O) groups excluding carboxylic acids is 4. The number of hydrogen-bond acceptors (Lipinski definition) is 7. The lowest BCUT2D eigenvalue weighted by molar-refractivity contribution is -0.151. The number of rotatable bonds is 8. The molecule has 0 unspecified atom stereocenters. The van der Waals surface area contributed by atoms with E-state index in [1.807, 2.05) is 6.07 Å². The molecule has 1 saturated heterocycles. The number of fused-ring (bicyclic) bond motifs is 1. The molecule has 2 aliphatic rings. The van der Waals surface area contributed by atoms with Crippen molar-refractivity contribution in [3.8, 4) is 5.75 Å². The summed E-state index contributed by atoms with van der Waals surface area (Å²) in [7, 11) is 2.86. The molecule has 1 fully saturated rings. The number of ether oxygens (including phenoxy) is 2. The summed E-state index contributed by atoms with van der Waals surface area (Å²) in [5.74, 6) is -0.755. The van der Waals surface area contributed by atoms with Gasteiger partial charge >= 0.3 is 5.97 Å². The van der Waals surface area contributed by atoms with Gasteiger partial charge in [0.2, 0.25) is 5.91 Å². The number of methoxy groups -OCH3 is 2. The van der Waals surface area contributed by atoms with Crippen LogP contribution in [0.5, 0.6) is 5.75 Å². The number of imide groups is 1. The van der Waals surface area contributed by atoms with Crippen molar-refractivity contribution in [3.05, 3.63) is 59.7 Å². The Morgan fingerprint density at radius 2 is 1.50 bits per heavy atom. The molecule has 0 aliphatic carbocycles. The van der Waals surface area contributed by atoms with Crippen LogP contribution < -0.4 is 9.64 Å². The van der Waals surface area contributed by atoms with Crippen LogP contribution in [0.3, 0.4) is 0 Å². The Balaban J connectivity index is 1.52. The molecule has 0 bridgehead atoms. The lowest BCUT2D eigenvalue weighted by Gasteiger charge is -2.46. The third kappa shape index (κ3) is 4.35. The number of hydrogen-bond donors (Lipinski definition) is 0. The van der Waals surface area contributed by atoms with Gasteiger partial charge in [0.05, 0.1) is 31.0 Å². The quantitative estimate of drug-likeness (QED) is 0.412. The maximum atomic E-state index is 13.2. The van der Waals surface area contributed by atoms with E-state index in [-0.39, 0.29) is 30.7 Å². The first-order chi connectivity index (χ1) is 17.4. The van der Waals surface area contributed by atoms with E-state index in [9.17, 15) is 19.2 Å². The molecule has 190 valence electrons. The fraction of sp³-hybridized carbons (Fsp3) is 0.407. The van der Waals surface area contributed by atoms with E-state index in [0.29, 0.717) is 55.0 Å². The standard InChI is InChI=1S/C27H31N3O6/c1-4-23(31)30(21-11-7-8-12-22(21)35-2)27(26(34)36-3)13-15-28(16-14-27)17-18-29-24(32)19-9-5-6-10-20(19)25(29)33/h5-12H,4,13-18H2,1-3H3. The zero-order valence-electron chi connectivity index (χ0n) is 20.9. The summed E-state index contributed by atoms with van der Waals surface area (Å²) in [5, 5.41) is 0. The highest BCUT2D eigenvalue weighted by Crippen LogP contribution is 2.39. The van der Waals surface area contributed by atoms with Crippen LogP contribution in [0.25, 0.3) is 0 Å². The third-order valence-corrected chi connectivity index (χ3v) is 7.07. The summed E-state index contributed by atoms with van der Waals surface area (Å²) >= 11 is 0. The molecule has 3 amide bonds. The van der Waals surface area contributed by atoms with Gasteiger partial charge in [-0.1, -0.05) is 31.2 Å². The van der Waals surface area contributed by atoms with E-state index in [1.54, 1.807) is 54.3 Å². The summed E-state index contributed by atoms with van der Waals surface area (Å²) in [6, 6.07) is 14.0. The molecule has 0 atom stereocenters. The van der Waals surface area contributed by atoms with Crippen molar-refractivity contribution in [1.82, 2.24) is 9.80 Å². The molecule has 0 saturated carbocycles. The molecule has 2 aromatic rings. The lowest BCUT2D eigenvalue weighted by Crippen LogP contribution is -2.63. The van der Waals surface area contributed by atoms with Gasteiger partial charge in [-0.25, -0.2) is 4.79 Å². The van der Waals surface area contributed by atoms with Crippen molar-refractivity contribution < 1.29 is 28.7 Å². The molecule has 2 aromatic carbocycles. The molecule has 0 N–H and O–H groups in total. The van der Waals surface area contributed by atoms with Gasteiger partial charge in [0.15, 0.2) is 0 Å². The number of anilines is 1. The number of amides is 3. The highest BCUT2D eigenvalue weighted by Gasteiger charge is 2.50. The summed E-state index contributed by atoms with van der Waals surface area (Å²) < 4.78 is 10.7. The fourth-order valence-corrected chi connectivity index (χ4v) is 5.12. The Labute approximate surface area is 210 Å². The van der Waals surface area contributed by atoms with Gasteiger partial charge in [0.1, 0.15) is 11.3 Å². The van der Waals surface area contributed by atoms with Gasteiger partial charge in [0, 0.05) is 32.6 Å². The van der Waals surface area contributed by atoms with Crippen LogP contribution in [-0.4, -0.2) is 79.4 Å². The van der Waals surface area contributed by atoms with Crippen molar-refractivity contribution in [3.63, 3.8) is 0 Å². The van der Waals surface area contributed by atoms with Crippen LogP contribution >= 0.6 is 0 Å². The first kappa shape index (κ1) is 25.4. The first-order valence-corrected chi connectivity index (χ1v) is 12.1.